The van der Waals surface area contributed by atoms with E-state index < -0.39 is 5.91 Å². The van der Waals surface area contributed by atoms with Crippen molar-refractivity contribution >= 4 is 62.4 Å². The van der Waals surface area contributed by atoms with Gasteiger partial charge in [-0.1, -0.05) is 29.8 Å². The second-order valence-electron chi connectivity index (χ2n) is 5.16. The molecule has 26 heavy (non-hydrogen) atoms. The third-order valence-corrected chi connectivity index (χ3v) is 5.12. The molecule has 0 bridgehead atoms. The zero-order valence-electron chi connectivity index (χ0n) is 13.5. The largest absolute Gasteiger partial charge is 0.495 e. The maximum Gasteiger partial charge on any atom is 0.279 e. The Kier molecular flexibility index (Phi) is 5.80. The topological polar surface area (TPSA) is 67.8 Å². The number of hydrogen-bond donors (Lipinski definition) is 1. The van der Waals surface area contributed by atoms with E-state index in [1.807, 2.05) is 6.07 Å². The monoisotopic (exact) mass is 450 g/mol. The molecule has 2 aromatic carbocycles. The molecule has 3 rings (SSSR count). The van der Waals surface area contributed by atoms with Crippen LogP contribution >= 0.6 is 39.3 Å². The number of thioether (sulfide) groups is 1. The van der Waals surface area contributed by atoms with Gasteiger partial charge >= 0.3 is 0 Å². The van der Waals surface area contributed by atoms with Crippen molar-refractivity contribution in [1.82, 2.24) is 5.32 Å². The van der Waals surface area contributed by atoms with Crippen LogP contribution < -0.4 is 10.1 Å². The van der Waals surface area contributed by atoms with Crippen molar-refractivity contribution in [3.8, 4) is 5.75 Å². The van der Waals surface area contributed by atoms with E-state index in [-0.39, 0.29) is 11.1 Å². The Morgan fingerprint density at radius 2 is 2.04 bits per heavy atom. The lowest BCUT2D eigenvalue weighted by Gasteiger charge is -2.08. The molecule has 1 fully saturated rings. The minimum absolute atomic E-state index is 0.232. The van der Waals surface area contributed by atoms with Crippen LogP contribution in [0.1, 0.15) is 15.9 Å². The number of methoxy groups -OCH3 is 1. The number of rotatable bonds is 3. The van der Waals surface area contributed by atoms with Gasteiger partial charge in [-0.05, 0) is 58.0 Å². The Morgan fingerprint density at radius 1 is 1.31 bits per heavy atom. The molecule has 0 radical (unpaired) electrons. The SMILES string of the molecule is COc1c(Br)cc(Cl)cc1/C=C1\SC(=NC(=O)c2ccccc2)NC1=O. The summed E-state index contributed by atoms with van der Waals surface area (Å²) in [6.07, 6.45) is 1.64. The average molecular weight is 452 g/mol. The first-order valence-electron chi connectivity index (χ1n) is 7.40. The molecule has 1 heterocycles. The van der Waals surface area contributed by atoms with Gasteiger partial charge in [-0.2, -0.15) is 4.99 Å². The Hall–Kier alpha value is -2.09. The highest BCUT2D eigenvalue weighted by Gasteiger charge is 2.25. The van der Waals surface area contributed by atoms with Crippen LogP contribution in [0.4, 0.5) is 0 Å². The van der Waals surface area contributed by atoms with Gasteiger partial charge in [0.2, 0.25) is 0 Å². The number of amidine groups is 1. The molecule has 8 heteroatoms. The Morgan fingerprint density at radius 3 is 2.73 bits per heavy atom. The van der Waals surface area contributed by atoms with E-state index in [2.05, 4.69) is 26.2 Å². The van der Waals surface area contributed by atoms with Crippen LogP contribution in [0.2, 0.25) is 5.02 Å². The van der Waals surface area contributed by atoms with Crippen LogP contribution in [0.15, 0.2) is 56.8 Å². The molecule has 0 unspecified atom stereocenters. The molecule has 0 aliphatic carbocycles. The summed E-state index contributed by atoms with van der Waals surface area (Å²) in [6, 6.07) is 12.0. The number of carbonyl (C=O) groups excluding carboxylic acids is 2. The zero-order chi connectivity index (χ0) is 18.7. The fourth-order valence-corrected chi connectivity index (χ4v) is 4.07. The molecule has 1 saturated heterocycles. The number of nitrogens with zero attached hydrogens (tertiary/aromatic N) is 1. The second kappa shape index (κ2) is 8.07. The van der Waals surface area contributed by atoms with E-state index in [1.165, 1.54) is 7.11 Å². The summed E-state index contributed by atoms with van der Waals surface area (Å²) in [5.74, 6) is -0.202. The lowest BCUT2D eigenvalue weighted by atomic mass is 10.2. The second-order valence-corrected chi connectivity index (χ2v) is 7.48. The van der Waals surface area contributed by atoms with E-state index in [4.69, 9.17) is 16.3 Å². The molecule has 2 amide bonds. The summed E-state index contributed by atoms with van der Waals surface area (Å²) in [5, 5.41) is 3.32. The highest BCUT2D eigenvalue weighted by atomic mass is 79.9. The zero-order valence-corrected chi connectivity index (χ0v) is 16.6. The number of carbonyl (C=O) groups is 2. The molecule has 1 aliphatic heterocycles. The van der Waals surface area contributed by atoms with Gasteiger partial charge < -0.3 is 10.1 Å². The first-order valence-corrected chi connectivity index (χ1v) is 9.38. The summed E-state index contributed by atoms with van der Waals surface area (Å²) in [7, 11) is 1.53. The van der Waals surface area contributed by atoms with E-state index in [9.17, 15) is 9.59 Å². The predicted molar refractivity (Wildman–Crippen MR) is 108 cm³/mol. The van der Waals surface area contributed by atoms with Gasteiger partial charge in [0.05, 0.1) is 16.5 Å². The van der Waals surface area contributed by atoms with E-state index in [1.54, 1.807) is 42.5 Å². The number of nitrogens with one attached hydrogen (secondary N) is 1. The molecule has 0 aromatic heterocycles. The molecule has 0 atom stereocenters. The minimum Gasteiger partial charge on any atom is -0.495 e. The Balaban J connectivity index is 1.88. The van der Waals surface area contributed by atoms with E-state index >= 15 is 0 Å². The van der Waals surface area contributed by atoms with Crippen molar-refractivity contribution in [1.29, 1.82) is 0 Å². The quantitative estimate of drug-likeness (QED) is 0.697. The molecule has 132 valence electrons. The van der Waals surface area contributed by atoms with Crippen LogP contribution in [0, 0.1) is 0 Å². The third-order valence-electron chi connectivity index (χ3n) is 3.40. The molecule has 2 aromatic rings. The van der Waals surface area contributed by atoms with Gasteiger partial charge in [0, 0.05) is 16.1 Å². The maximum atomic E-state index is 12.2. The van der Waals surface area contributed by atoms with Gasteiger partial charge in [-0.25, -0.2) is 0 Å². The van der Waals surface area contributed by atoms with E-state index in [0.717, 1.165) is 11.8 Å². The van der Waals surface area contributed by atoms with Gasteiger partial charge in [-0.15, -0.1) is 0 Å². The maximum absolute atomic E-state index is 12.2. The lowest BCUT2D eigenvalue weighted by molar-refractivity contribution is -0.115. The molecule has 0 saturated carbocycles. The number of halogens is 2. The van der Waals surface area contributed by atoms with Crippen molar-refractivity contribution in [2.75, 3.05) is 7.11 Å². The van der Waals surface area contributed by atoms with Crippen LogP contribution in [0.3, 0.4) is 0 Å². The molecule has 1 N–H and O–H groups in total. The molecule has 5 nitrogen and oxygen atoms in total. The van der Waals surface area contributed by atoms with Gasteiger partial charge in [0.25, 0.3) is 11.8 Å². The average Bonchev–Trinajstić information content (AvgIpc) is 2.94. The highest BCUT2D eigenvalue weighted by Crippen LogP contribution is 2.36. The summed E-state index contributed by atoms with van der Waals surface area (Å²) in [5.41, 5.74) is 1.09. The molecule has 1 aliphatic rings. The molecular formula is C18H12BrClN2O3S. The summed E-state index contributed by atoms with van der Waals surface area (Å²) >= 11 is 10.5. The first kappa shape index (κ1) is 18.7. The summed E-state index contributed by atoms with van der Waals surface area (Å²) < 4.78 is 6.03. The normalized spacial score (nSPS) is 16.8. The molecular weight excluding hydrogens is 440 g/mol. The fourth-order valence-electron chi connectivity index (χ4n) is 2.26. The van der Waals surface area contributed by atoms with Crippen LogP contribution in [-0.2, 0) is 4.79 Å². The standard InChI is InChI=1S/C18H12BrClN2O3S/c1-25-15-11(7-12(20)9-13(15)19)8-14-17(24)22-18(26-14)21-16(23)10-5-3-2-4-6-10/h2-9H,1H3,(H,21,22,23,24)/b14-8-. The van der Waals surface area contributed by atoms with Crippen LogP contribution in [0.25, 0.3) is 6.08 Å². The van der Waals surface area contributed by atoms with Crippen molar-refractivity contribution in [2.45, 2.75) is 0 Å². The number of aliphatic imine (C=N–C) groups is 1. The lowest BCUT2D eigenvalue weighted by Crippen LogP contribution is -2.20. The van der Waals surface area contributed by atoms with Crippen molar-refractivity contribution < 1.29 is 14.3 Å². The number of amides is 2. The first-order chi connectivity index (χ1) is 12.5. The molecule has 0 spiro atoms. The highest BCUT2D eigenvalue weighted by molar-refractivity contribution is 9.10. The van der Waals surface area contributed by atoms with Crippen LogP contribution in [0.5, 0.6) is 5.75 Å². The van der Waals surface area contributed by atoms with Crippen LogP contribution in [-0.4, -0.2) is 24.1 Å². The Labute approximate surface area is 167 Å². The minimum atomic E-state index is -0.419. The smallest absolute Gasteiger partial charge is 0.279 e. The summed E-state index contributed by atoms with van der Waals surface area (Å²) in [6.45, 7) is 0. The number of hydrogen-bond acceptors (Lipinski definition) is 4. The van der Waals surface area contributed by atoms with Crippen molar-refractivity contribution in [2.24, 2.45) is 4.99 Å². The third kappa shape index (κ3) is 4.17. The van der Waals surface area contributed by atoms with Gasteiger partial charge in [-0.3, -0.25) is 9.59 Å². The van der Waals surface area contributed by atoms with Gasteiger partial charge in [0.15, 0.2) is 5.17 Å². The fraction of sp³-hybridized carbons (Fsp3) is 0.0556. The van der Waals surface area contributed by atoms with E-state index in [0.29, 0.717) is 31.3 Å². The number of ether oxygens (including phenoxy) is 1. The Bertz CT molecular complexity index is 945. The van der Waals surface area contributed by atoms with Crippen molar-refractivity contribution in [3.05, 3.63) is 68.0 Å². The predicted octanol–water partition coefficient (Wildman–Crippen LogP) is 4.51. The van der Waals surface area contributed by atoms with Gasteiger partial charge in [0.1, 0.15) is 5.75 Å². The van der Waals surface area contributed by atoms with Crippen molar-refractivity contribution in [3.63, 3.8) is 0 Å². The number of benzene rings is 2. The summed E-state index contributed by atoms with van der Waals surface area (Å²) in [4.78, 5) is 28.7.